The second-order valence-electron chi connectivity index (χ2n) is 3.39. The summed E-state index contributed by atoms with van der Waals surface area (Å²) in [5.41, 5.74) is 0.162. The first-order chi connectivity index (χ1) is 8.63. The highest BCUT2D eigenvalue weighted by Crippen LogP contribution is 2.31. The monoisotopic (exact) mass is 267 g/mol. The first-order valence-corrected chi connectivity index (χ1v) is 6.12. The summed E-state index contributed by atoms with van der Waals surface area (Å²) in [5, 5.41) is 10.5. The van der Waals surface area contributed by atoms with Crippen LogP contribution in [0.5, 0.6) is 5.75 Å². The van der Waals surface area contributed by atoms with Crippen molar-refractivity contribution in [1.29, 1.82) is 0 Å². The van der Waals surface area contributed by atoms with Gasteiger partial charge in [-0.1, -0.05) is 6.07 Å². The Labute approximate surface area is 107 Å². The molecule has 0 amide bonds. The summed E-state index contributed by atoms with van der Waals surface area (Å²) in [4.78, 5) is 14.6. The standard InChI is InChI=1S/C12H10FNO3S/c1-2-17-9-5-3-4-7(10(9)13)11-14-8(6-18-11)12(15)16/h3-6H,2H2,1H3,(H,15,16). The number of rotatable bonds is 4. The lowest BCUT2D eigenvalue weighted by Crippen LogP contribution is -1.97. The van der Waals surface area contributed by atoms with E-state index in [4.69, 9.17) is 9.84 Å². The first-order valence-electron chi connectivity index (χ1n) is 5.24. The van der Waals surface area contributed by atoms with Gasteiger partial charge in [0.05, 0.1) is 12.2 Å². The summed E-state index contributed by atoms with van der Waals surface area (Å²) in [6.07, 6.45) is 0. The Kier molecular flexibility index (Phi) is 3.57. The number of aromatic carboxylic acids is 1. The van der Waals surface area contributed by atoms with Crippen LogP contribution >= 0.6 is 11.3 Å². The summed E-state index contributed by atoms with van der Waals surface area (Å²) >= 11 is 1.08. The molecule has 0 fully saturated rings. The van der Waals surface area contributed by atoms with E-state index in [1.807, 2.05) is 0 Å². The molecule has 0 unspecified atom stereocenters. The van der Waals surface area contributed by atoms with Gasteiger partial charge in [-0.15, -0.1) is 11.3 Å². The average molecular weight is 267 g/mol. The molecule has 0 saturated heterocycles. The third-order valence-electron chi connectivity index (χ3n) is 2.22. The van der Waals surface area contributed by atoms with E-state index in [9.17, 15) is 9.18 Å². The molecule has 0 radical (unpaired) electrons. The van der Waals surface area contributed by atoms with Crippen molar-refractivity contribution in [3.63, 3.8) is 0 Å². The third kappa shape index (κ3) is 2.33. The van der Waals surface area contributed by atoms with E-state index in [2.05, 4.69) is 4.98 Å². The highest BCUT2D eigenvalue weighted by Gasteiger charge is 2.15. The number of carboxylic acids is 1. The summed E-state index contributed by atoms with van der Waals surface area (Å²) < 4.78 is 19.2. The molecule has 2 rings (SSSR count). The maximum atomic E-state index is 14.0. The lowest BCUT2D eigenvalue weighted by atomic mass is 10.2. The van der Waals surface area contributed by atoms with E-state index in [0.717, 1.165) is 11.3 Å². The number of carboxylic acid groups (broad SMARTS) is 1. The van der Waals surface area contributed by atoms with Crippen molar-refractivity contribution in [2.75, 3.05) is 6.61 Å². The maximum Gasteiger partial charge on any atom is 0.355 e. The van der Waals surface area contributed by atoms with Crippen molar-refractivity contribution >= 4 is 17.3 Å². The molecule has 0 aliphatic heterocycles. The van der Waals surface area contributed by atoms with Gasteiger partial charge in [0.2, 0.25) is 0 Å². The number of aromatic nitrogens is 1. The molecule has 1 N–H and O–H groups in total. The molecule has 0 aliphatic carbocycles. The summed E-state index contributed by atoms with van der Waals surface area (Å²) in [7, 11) is 0. The zero-order chi connectivity index (χ0) is 13.1. The van der Waals surface area contributed by atoms with Gasteiger partial charge in [-0.2, -0.15) is 0 Å². The van der Waals surface area contributed by atoms with Crippen LogP contribution in [0.1, 0.15) is 17.4 Å². The maximum absolute atomic E-state index is 14.0. The van der Waals surface area contributed by atoms with Crippen molar-refractivity contribution in [1.82, 2.24) is 4.98 Å². The second-order valence-corrected chi connectivity index (χ2v) is 4.25. The number of hydrogen-bond donors (Lipinski definition) is 1. The van der Waals surface area contributed by atoms with Gasteiger partial charge in [0.15, 0.2) is 17.3 Å². The largest absolute Gasteiger partial charge is 0.491 e. The van der Waals surface area contributed by atoms with Crippen LogP contribution in [0.2, 0.25) is 0 Å². The van der Waals surface area contributed by atoms with E-state index in [1.54, 1.807) is 19.1 Å². The van der Waals surface area contributed by atoms with Crippen LogP contribution in [-0.4, -0.2) is 22.7 Å². The van der Waals surface area contributed by atoms with E-state index in [-0.39, 0.29) is 17.0 Å². The first kappa shape index (κ1) is 12.5. The Hall–Kier alpha value is -1.95. The Bertz CT molecular complexity index is 582. The van der Waals surface area contributed by atoms with Gasteiger partial charge in [-0.25, -0.2) is 14.2 Å². The smallest absolute Gasteiger partial charge is 0.355 e. The summed E-state index contributed by atoms with van der Waals surface area (Å²) in [5.74, 6) is -1.51. The minimum atomic E-state index is -1.13. The lowest BCUT2D eigenvalue weighted by molar-refractivity contribution is 0.0691. The van der Waals surface area contributed by atoms with Crippen molar-refractivity contribution in [2.45, 2.75) is 6.92 Å². The number of ether oxygens (including phenoxy) is 1. The molecule has 0 atom stereocenters. The molecule has 18 heavy (non-hydrogen) atoms. The SMILES string of the molecule is CCOc1cccc(-c2nc(C(=O)O)cs2)c1F. The van der Waals surface area contributed by atoms with E-state index in [0.29, 0.717) is 11.6 Å². The van der Waals surface area contributed by atoms with Crippen LogP contribution in [0.25, 0.3) is 10.6 Å². The van der Waals surface area contributed by atoms with Crippen LogP contribution in [0.3, 0.4) is 0 Å². The molecule has 1 aromatic carbocycles. The van der Waals surface area contributed by atoms with E-state index >= 15 is 0 Å². The van der Waals surface area contributed by atoms with Crippen LogP contribution in [0.15, 0.2) is 23.6 Å². The van der Waals surface area contributed by atoms with Gasteiger partial charge in [0.25, 0.3) is 0 Å². The number of hydrogen-bond acceptors (Lipinski definition) is 4. The minimum Gasteiger partial charge on any atom is -0.491 e. The number of benzene rings is 1. The number of nitrogens with zero attached hydrogens (tertiary/aromatic N) is 1. The molecule has 2 aromatic rings. The number of carbonyl (C=O) groups is 1. The zero-order valence-electron chi connectivity index (χ0n) is 9.51. The third-order valence-corrected chi connectivity index (χ3v) is 3.09. The summed E-state index contributed by atoms with van der Waals surface area (Å²) in [6.45, 7) is 2.12. The molecule has 0 saturated carbocycles. The fourth-order valence-corrected chi connectivity index (χ4v) is 2.25. The molecular weight excluding hydrogens is 257 g/mol. The van der Waals surface area contributed by atoms with Crippen molar-refractivity contribution in [3.05, 3.63) is 35.1 Å². The van der Waals surface area contributed by atoms with Gasteiger partial charge in [-0.3, -0.25) is 0 Å². The molecule has 4 nitrogen and oxygen atoms in total. The van der Waals surface area contributed by atoms with Crippen molar-refractivity contribution < 1.29 is 19.0 Å². The van der Waals surface area contributed by atoms with Gasteiger partial charge < -0.3 is 9.84 Å². The van der Waals surface area contributed by atoms with Crippen molar-refractivity contribution in [2.24, 2.45) is 0 Å². The highest BCUT2D eigenvalue weighted by atomic mass is 32.1. The average Bonchev–Trinajstić information content (AvgIpc) is 2.81. The lowest BCUT2D eigenvalue weighted by Gasteiger charge is -2.06. The number of thiazole rings is 1. The van der Waals surface area contributed by atoms with Crippen LogP contribution in [0, 0.1) is 5.82 Å². The van der Waals surface area contributed by atoms with Gasteiger partial charge >= 0.3 is 5.97 Å². The zero-order valence-corrected chi connectivity index (χ0v) is 10.3. The van der Waals surface area contributed by atoms with Crippen LogP contribution in [0.4, 0.5) is 4.39 Å². The Morgan fingerprint density at radius 1 is 1.56 bits per heavy atom. The fraction of sp³-hybridized carbons (Fsp3) is 0.167. The van der Waals surface area contributed by atoms with Crippen LogP contribution < -0.4 is 4.74 Å². The molecule has 0 spiro atoms. The highest BCUT2D eigenvalue weighted by molar-refractivity contribution is 7.13. The fourth-order valence-electron chi connectivity index (χ4n) is 1.44. The molecule has 94 valence electrons. The predicted octanol–water partition coefficient (Wildman–Crippen LogP) is 3.05. The molecule has 6 heteroatoms. The Balaban J connectivity index is 2.43. The molecule has 1 heterocycles. The van der Waals surface area contributed by atoms with Gasteiger partial charge in [-0.05, 0) is 19.1 Å². The van der Waals surface area contributed by atoms with E-state index < -0.39 is 11.8 Å². The molecular formula is C12H10FNO3S. The second kappa shape index (κ2) is 5.14. The van der Waals surface area contributed by atoms with Crippen molar-refractivity contribution in [3.8, 4) is 16.3 Å². The van der Waals surface area contributed by atoms with E-state index in [1.165, 1.54) is 11.4 Å². The minimum absolute atomic E-state index is 0.0868. The number of halogens is 1. The van der Waals surface area contributed by atoms with Crippen LogP contribution in [-0.2, 0) is 0 Å². The normalized spacial score (nSPS) is 10.3. The quantitative estimate of drug-likeness (QED) is 0.925. The predicted molar refractivity (Wildman–Crippen MR) is 65.6 cm³/mol. The Morgan fingerprint density at radius 3 is 2.94 bits per heavy atom. The summed E-state index contributed by atoms with van der Waals surface area (Å²) in [6, 6.07) is 4.71. The molecule has 0 bridgehead atoms. The topological polar surface area (TPSA) is 59.4 Å². The molecule has 0 aliphatic rings. The van der Waals surface area contributed by atoms with Gasteiger partial charge in [0.1, 0.15) is 5.01 Å². The molecule has 1 aromatic heterocycles. The van der Waals surface area contributed by atoms with Gasteiger partial charge in [0, 0.05) is 5.38 Å². The Morgan fingerprint density at radius 2 is 2.33 bits per heavy atom.